The highest BCUT2D eigenvalue weighted by Gasteiger charge is 2.22. The Balaban J connectivity index is 1.66. The van der Waals surface area contributed by atoms with Crippen LogP contribution in [-0.2, 0) is 0 Å². The normalized spacial score (nSPS) is 19.4. The van der Waals surface area contributed by atoms with Gasteiger partial charge in [0.2, 0.25) is 0 Å². The van der Waals surface area contributed by atoms with Gasteiger partial charge in [-0.3, -0.25) is 14.2 Å². The molecule has 4 heterocycles. The second-order valence-electron chi connectivity index (χ2n) is 9.68. The van der Waals surface area contributed by atoms with Gasteiger partial charge in [0, 0.05) is 41.9 Å². The van der Waals surface area contributed by atoms with Crippen molar-refractivity contribution in [1.82, 2.24) is 24.2 Å². The van der Waals surface area contributed by atoms with E-state index in [9.17, 15) is 4.79 Å². The van der Waals surface area contributed by atoms with Crippen LogP contribution in [-0.4, -0.2) is 43.8 Å². The molecule has 0 amide bonds. The molecule has 180 valence electrons. The number of hydrogen-bond acceptors (Lipinski definition) is 5. The number of aromatic nitrogens is 3. The van der Waals surface area contributed by atoms with E-state index < -0.39 is 0 Å². The van der Waals surface area contributed by atoms with Gasteiger partial charge in [-0.1, -0.05) is 32.9 Å². The smallest absolute Gasteiger partial charge is 0.258 e. The monoisotopic (exact) mass is 459 g/mol. The summed E-state index contributed by atoms with van der Waals surface area (Å²) >= 11 is 0. The number of fused-ring (bicyclic) bond motifs is 1. The Kier molecular flexibility index (Phi) is 7.17. The van der Waals surface area contributed by atoms with Crippen molar-refractivity contribution in [3.05, 3.63) is 82.1 Å². The molecule has 34 heavy (non-hydrogen) atoms. The Bertz CT molecular complexity index is 1230. The minimum Gasteiger partial charge on any atom is -0.324 e. The molecule has 1 unspecified atom stereocenters. The van der Waals surface area contributed by atoms with Crippen molar-refractivity contribution in [2.24, 2.45) is 5.92 Å². The molecule has 0 radical (unpaired) electrons. The molecule has 0 bridgehead atoms. The first-order chi connectivity index (χ1) is 16.3. The number of allylic oxidation sites excluding steroid dienone is 4. The van der Waals surface area contributed by atoms with Crippen LogP contribution >= 0.6 is 0 Å². The maximum Gasteiger partial charge on any atom is 0.258 e. The summed E-state index contributed by atoms with van der Waals surface area (Å²) in [6.45, 7) is 18.3. The van der Waals surface area contributed by atoms with Crippen LogP contribution in [0.1, 0.15) is 71.2 Å². The van der Waals surface area contributed by atoms with Gasteiger partial charge in [-0.25, -0.2) is 4.98 Å². The molecule has 1 saturated heterocycles. The van der Waals surface area contributed by atoms with Crippen molar-refractivity contribution in [3.8, 4) is 0 Å². The maximum absolute atomic E-state index is 13.1. The average molecular weight is 460 g/mol. The van der Waals surface area contributed by atoms with Gasteiger partial charge >= 0.3 is 0 Å². The summed E-state index contributed by atoms with van der Waals surface area (Å²) in [5, 5.41) is 0. The van der Waals surface area contributed by atoms with E-state index in [1.807, 2.05) is 25.4 Å². The summed E-state index contributed by atoms with van der Waals surface area (Å²) in [6, 6.07) is 1.63. The lowest BCUT2D eigenvalue weighted by atomic mass is 9.94. The second-order valence-corrected chi connectivity index (χ2v) is 9.68. The molecule has 0 spiro atoms. The molecule has 0 N–H and O–H groups in total. The van der Waals surface area contributed by atoms with Crippen LogP contribution < -0.4 is 5.56 Å². The highest BCUT2D eigenvalue weighted by atomic mass is 16.1. The fourth-order valence-corrected chi connectivity index (χ4v) is 4.64. The minimum atomic E-state index is -0.0797. The molecule has 2 aliphatic rings. The molecule has 6 heteroatoms. The number of rotatable bonds is 6. The average Bonchev–Trinajstić information content (AvgIpc) is 2.85. The zero-order valence-corrected chi connectivity index (χ0v) is 21.2. The highest BCUT2D eigenvalue weighted by Crippen LogP contribution is 2.30. The van der Waals surface area contributed by atoms with E-state index >= 15 is 0 Å². The lowest BCUT2D eigenvalue weighted by Crippen LogP contribution is -2.33. The van der Waals surface area contributed by atoms with Crippen LogP contribution in [0, 0.1) is 5.92 Å². The minimum absolute atomic E-state index is 0.0797. The molecule has 1 atom stereocenters. The molecular formula is C28H37N5O. The zero-order chi connectivity index (χ0) is 24.4. The van der Waals surface area contributed by atoms with E-state index in [1.165, 1.54) is 5.57 Å². The molecule has 0 aromatic carbocycles. The van der Waals surface area contributed by atoms with Crippen molar-refractivity contribution < 1.29 is 0 Å². The standard InChI is InChI=1S/C28H37N5O/c1-7-19(3)21(5)16-32-17-24(13-20(4)22(32)6)25-14-28(34)33-18-26(29-15-27(33)30-25)23-9-11-31(8-2)12-10-23/h13-19,23H,6-12H2,1-5H3/b21-16-. The summed E-state index contributed by atoms with van der Waals surface area (Å²) in [4.78, 5) is 27.1. The zero-order valence-electron chi connectivity index (χ0n) is 21.2. The van der Waals surface area contributed by atoms with Gasteiger partial charge in [0.05, 0.1) is 17.6 Å². The summed E-state index contributed by atoms with van der Waals surface area (Å²) in [5.74, 6) is 0.888. The first-order valence-electron chi connectivity index (χ1n) is 12.5. The number of nitrogens with zero attached hydrogens (tertiary/aromatic N) is 5. The SMILES string of the molecule is C=C1C(C)=CC(c2cc(=O)n3cc(C4CCN(CC)CC4)ncc3n2)=CN1/C=C(/C)C(C)CC. The summed E-state index contributed by atoms with van der Waals surface area (Å²) in [6.07, 6.45) is 13.1. The van der Waals surface area contributed by atoms with Gasteiger partial charge in [-0.15, -0.1) is 0 Å². The van der Waals surface area contributed by atoms with Gasteiger partial charge in [0.15, 0.2) is 5.65 Å². The van der Waals surface area contributed by atoms with Crippen LogP contribution in [0.3, 0.4) is 0 Å². The lowest BCUT2D eigenvalue weighted by Gasteiger charge is -2.30. The summed E-state index contributed by atoms with van der Waals surface area (Å²) in [5.41, 5.74) is 6.32. The van der Waals surface area contributed by atoms with E-state index in [4.69, 9.17) is 9.97 Å². The van der Waals surface area contributed by atoms with E-state index in [-0.39, 0.29) is 5.56 Å². The fraction of sp³-hybridized carbons (Fsp3) is 0.464. The van der Waals surface area contributed by atoms with Crippen LogP contribution in [0.2, 0.25) is 0 Å². The van der Waals surface area contributed by atoms with Gasteiger partial charge in [0.1, 0.15) is 0 Å². The first kappa shape index (κ1) is 24.1. The van der Waals surface area contributed by atoms with Crippen molar-refractivity contribution in [2.75, 3.05) is 19.6 Å². The largest absolute Gasteiger partial charge is 0.324 e. The van der Waals surface area contributed by atoms with Crippen LogP contribution in [0.25, 0.3) is 11.2 Å². The molecule has 4 rings (SSSR count). The van der Waals surface area contributed by atoms with E-state index in [0.717, 1.165) is 61.4 Å². The van der Waals surface area contributed by atoms with Crippen LogP contribution in [0.5, 0.6) is 0 Å². The van der Waals surface area contributed by atoms with Crippen molar-refractivity contribution in [2.45, 2.75) is 59.8 Å². The number of piperidine rings is 1. The molecule has 2 aliphatic heterocycles. The van der Waals surface area contributed by atoms with Gasteiger partial charge < -0.3 is 9.80 Å². The Morgan fingerprint density at radius 2 is 2.03 bits per heavy atom. The Labute approximate surface area is 203 Å². The van der Waals surface area contributed by atoms with Gasteiger partial charge in [0.25, 0.3) is 5.56 Å². The molecule has 0 saturated carbocycles. The van der Waals surface area contributed by atoms with Crippen molar-refractivity contribution >= 4 is 11.2 Å². The quantitative estimate of drug-likeness (QED) is 0.582. The number of likely N-dealkylation sites (tertiary alicyclic amines) is 1. The Morgan fingerprint density at radius 1 is 1.29 bits per heavy atom. The van der Waals surface area contributed by atoms with E-state index in [1.54, 1.807) is 16.7 Å². The third kappa shape index (κ3) is 4.92. The topological polar surface area (TPSA) is 53.7 Å². The lowest BCUT2D eigenvalue weighted by molar-refractivity contribution is 0.220. The second kappa shape index (κ2) is 10.1. The Morgan fingerprint density at radius 3 is 2.71 bits per heavy atom. The third-order valence-corrected chi connectivity index (χ3v) is 7.47. The molecule has 2 aromatic heterocycles. The van der Waals surface area contributed by atoms with Crippen LogP contribution in [0.15, 0.2) is 65.2 Å². The summed E-state index contributed by atoms with van der Waals surface area (Å²) in [7, 11) is 0. The molecule has 0 aliphatic carbocycles. The van der Waals surface area contributed by atoms with Crippen molar-refractivity contribution in [1.29, 1.82) is 0 Å². The van der Waals surface area contributed by atoms with E-state index in [2.05, 4.69) is 50.3 Å². The third-order valence-electron chi connectivity index (χ3n) is 7.47. The molecule has 2 aromatic rings. The van der Waals surface area contributed by atoms with E-state index in [0.29, 0.717) is 23.2 Å². The Hall–Kier alpha value is -2.99. The molecular weight excluding hydrogens is 422 g/mol. The summed E-state index contributed by atoms with van der Waals surface area (Å²) < 4.78 is 1.64. The molecule has 1 fully saturated rings. The highest BCUT2D eigenvalue weighted by molar-refractivity contribution is 5.76. The predicted octanol–water partition coefficient (Wildman–Crippen LogP) is 5.36. The first-order valence-corrected chi connectivity index (χ1v) is 12.5. The number of hydrogen-bond donors (Lipinski definition) is 0. The van der Waals surface area contributed by atoms with Gasteiger partial charge in [-0.05, 0) is 70.3 Å². The predicted molar refractivity (Wildman–Crippen MR) is 139 cm³/mol. The van der Waals surface area contributed by atoms with Crippen LogP contribution in [0.4, 0.5) is 0 Å². The van der Waals surface area contributed by atoms with Crippen molar-refractivity contribution in [3.63, 3.8) is 0 Å². The molecule has 6 nitrogen and oxygen atoms in total. The maximum atomic E-state index is 13.1. The van der Waals surface area contributed by atoms with Gasteiger partial charge in [-0.2, -0.15) is 0 Å². The fourth-order valence-electron chi connectivity index (χ4n) is 4.64.